The number of hydrogen-bond acceptors (Lipinski definition) is 5. The summed E-state index contributed by atoms with van der Waals surface area (Å²) in [5.74, 6) is 0.592. The standard InChI is InChI=1S/C17H18N4O3/c1-3-16(22)21-9-12(10-21)20-15-6-11(8-19-17(15)23)14-7-13(24-2)4-5-18-14/h3-8,12,20H,1,9-10H2,2H3,(H,19,23). The minimum absolute atomic E-state index is 0.0449. The van der Waals surface area contributed by atoms with Gasteiger partial charge in [0, 0.05) is 37.1 Å². The van der Waals surface area contributed by atoms with Crippen LogP contribution in [-0.4, -0.2) is 47.0 Å². The van der Waals surface area contributed by atoms with Gasteiger partial charge >= 0.3 is 0 Å². The second-order valence-electron chi connectivity index (χ2n) is 5.50. The number of ether oxygens (including phenoxy) is 1. The third-order valence-electron chi connectivity index (χ3n) is 3.89. The number of amides is 1. The van der Waals surface area contributed by atoms with Crippen molar-refractivity contribution in [3.05, 3.63) is 53.6 Å². The quantitative estimate of drug-likeness (QED) is 0.808. The van der Waals surface area contributed by atoms with E-state index in [1.54, 1.807) is 42.6 Å². The number of carbonyl (C=O) groups is 1. The Labute approximate surface area is 139 Å². The Hall–Kier alpha value is -3.09. The Morgan fingerprint density at radius 2 is 2.29 bits per heavy atom. The van der Waals surface area contributed by atoms with Crippen LogP contribution in [0.15, 0.2) is 48.0 Å². The molecule has 0 aliphatic carbocycles. The number of anilines is 1. The molecule has 124 valence electrons. The maximum Gasteiger partial charge on any atom is 0.271 e. The van der Waals surface area contributed by atoms with Gasteiger partial charge in [-0.05, 0) is 18.2 Å². The molecule has 0 saturated carbocycles. The van der Waals surface area contributed by atoms with E-state index in [1.165, 1.54) is 6.08 Å². The molecule has 1 aliphatic heterocycles. The number of pyridine rings is 2. The molecule has 1 aliphatic rings. The molecule has 0 radical (unpaired) electrons. The molecule has 0 spiro atoms. The number of methoxy groups -OCH3 is 1. The van der Waals surface area contributed by atoms with Crippen LogP contribution >= 0.6 is 0 Å². The molecule has 7 heteroatoms. The molecule has 0 aromatic carbocycles. The fraction of sp³-hybridized carbons (Fsp3) is 0.235. The van der Waals surface area contributed by atoms with Crippen molar-refractivity contribution in [2.75, 3.05) is 25.5 Å². The van der Waals surface area contributed by atoms with Gasteiger partial charge in [0.1, 0.15) is 11.4 Å². The zero-order chi connectivity index (χ0) is 17.1. The Morgan fingerprint density at radius 1 is 1.50 bits per heavy atom. The smallest absolute Gasteiger partial charge is 0.271 e. The highest BCUT2D eigenvalue weighted by atomic mass is 16.5. The monoisotopic (exact) mass is 326 g/mol. The third-order valence-corrected chi connectivity index (χ3v) is 3.89. The molecule has 1 fully saturated rings. The van der Waals surface area contributed by atoms with E-state index in [2.05, 4.69) is 21.9 Å². The molecule has 2 aromatic rings. The number of H-pyrrole nitrogens is 1. The first-order valence-electron chi connectivity index (χ1n) is 7.51. The topological polar surface area (TPSA) is 87.3 Å². The van der Waals surface area contributed by atoms with Gasteiger partial charge in [-0.25, -0.2) is 0 Å². The average molecular weight is 326 g/mol. The summed E-state index contributed by atoms with van der Waals surface area (Å²) in [5, 5.41) is 3.16. The first-order chi connectivity index (χ1) is 11.6. The van der Waals surface area contributed by atoms with Gasteiger partial charge in [0.25, 0.3) is 5.56 Å². The van der Waals surface area contributed by atoms with Crippen LogP contribution in [0.2, 0.25) is 0 Å². The predicted molar refractivity (Wildman–Crippen MR) is 91.0 cm³/mol. The number of aromatic amines is 1. The van der Waals surface area contributed by atoms with Crippen LogP contribution in [0.5, 0.6) is 5.75 Å². The minimum Gasteiger partial charge on any atom is -0.497 e. The van der Waals surface area contributed by atoms with Crippen molar-refractivity contribution in [1.82, 2.24) is 14.9 Å². The van der Waals surface area contributed by atoms with Crippen molar-refractivity contribution in [3.63, 3.8) is 0 Å². The Kier molecular flexibility index (Phi) is 4.33. The second kappa shape index (κ2) is 6.57. The van der Waals surface area contributed by atoms with E-state index in [-0.39, 0.29) is 17.5 Å². The van der Waals surface area contributed by atoms with Crippen molar-refractivity contribution < 1.29 is 9.53 Å². The van der Waals surface area contributed by atoms with Crippen LogP contribution in [0.1, 0.15) is 0 Å². The summed E-state index contributed by atoms with van der Waals surface area (Å²) in [7, 11) is 1.59. The fourth-order valence-corrected chi connectivity index (χ4v) is 2.53. The number of nitrogens with zero attached hydrogens (tertiary/aromatic N) is 2. The Balaban J connectivity index is 1.76. The van der Waals surface area contributed by atoms with Gasteiger partial charge in [0.15, 0.2) is 0 Å². The van der Waals surface area contributed by atoms with Crippen molar-refractivity contribution in [2.24, 2.45) is 0 Å². The second-order valence-corrected chi connectivity index (χ2v) is 5.50. The lowest BCUT2D eigenvalue weighted by Crippen LogP contribution is -2.56. The van der Waals surface area contributed by atoms with Crippen molar-refractivity contribution in [1.29, 1.82) is 0 Å². The molecule has 0 unspecified atom stereocenters. The fourth-order valence-electron chi connectivity index (χ4n) is 2.53. The molecule has 2 aromatic heterocycles. The predicted octanol–water partition coefficient (Wildman–Crippen LogP) is 1.25. The largest absolute Gasteiger partial charge is 0.497 e. The van der Waals surface area contributed by atoms with Gasteiger partial charge in [-0.3, -0.25) is 14.6 Å². The molecule has 7 nitrogen and oxygen atoms in total. The summed E-state index contributed by atoms with van der Waals surface area (Å²) in [5.41, 5.74) is 1.71. The maximum atomic E-state index is 12.0. The molecule has 0 bridgehead atoms. The van der Waals surface area contributed by atoms with Crippen LogP contribution in [-0.2, 0) is 4.79 Å². The Morgan fingerprint density at radius 3 is 3.00 bits per heavy atom. The molecule has 1 saturated heterocycles. The summed E-state index contributed by atoms with van der Waals surface area (Å²) in [6, 6.07) is 5.35. The number of likely N-dealkylation sites (tertiary alicyclic amines) is 1. The van der Waals surface area contributed by atoms with Crippen LogP contribution < -0.4 is 15.6 Å². The molecular weight excluding hydrogens is 308 g/mol. The van der Waals surface area contributed by atoms with E-state index in [9.17, 15) is 9.59 Å². The van der Waals surface area contributed by atoms with E-state index in [0.29, 0.717) is 30.2 Å². The summed E-state index contributed by atoms with van der Waals surface area (Å²) in [4.78, 5) is 32.1. The van der Waals surface area contributed by atoms with Gasteiger partial charge in [-0.1, -0.05) is 6.58 Å². The summed E-state index contributed by atoms with van der Waals surface area (Å²) < 4.78 is 5.19. The van der Waals surface area contributed by atoms with Crippen molar-refractivity contribution in [2.45, 2.75) is 6.04 Å². The van der Waals surface area contributed by atoms with E-state index in [0.717, 1.165) is 5.56 Å². The van der Waals surface area contributed by atoms with Crippen molar-refractivity contribution >= 4 is 11.6 Å². The Bertz CT molecular complexity index is 825. The normalized spacial score (nSPS) is 14.0. The lowest BCUT2D eigenvalue weighted by molar-refractivity contribution is -0.129. The molecule has 3 rings (SSSR count). The zero-order valence-electron chi connectivity index (χ0n) is 13.3. The van der Waals surface area contributed by atoms with Gasteiger partial charge in [-0.2, -0.15) is 0 Å². The summed E-state index contributed by atoms with van der Waals surface area (Å²) in [6.45, 7) is 4.56. The van der Waals surface area contributed by atoms with E-state index < -0.39 is 0 Å². The molecular formula is C17H18N4O3. The molecule has 3 heterocycles. The van der Waals surface area contributed by atoms with Crippen LogP contribution in [0.4, 0.5) is 5.69 Å². The number of hydrogen-bond donors (Lipinski definition) is 2. The third kappa shape index (κ3) is 3.15. The van der Waals surface area contributed by atoms with E-state index >= 15 is 0 Å². The summed E-state index contributed by atoms with van der Waals surface area (Å²) in [6.07, 6.45) is 4.55. The average Bonchev–Trinajstić information content (AvgIpc) is 2.58. The minimum atomic E-state index is -0.213. The highest BCUT2D eigenvalue weighted by Crippen LogP contribution is 2.22. The zero-order valence-corrected chi connectivity index (χ0v) is 13.3. The van der Waals surface area contributed by atoms with E-state index in [1.807, 2.05) is 0 Å². The maximum absolute atomic E-state index is 12.0. The lowest BCUT2D eigenvalue weighted by atomic mass is 10.1. The molecule has 24 heavy (non-hydrogen) atoms. The van der Waals surface area contributed by atoms with Crippen molar-refractivity contribution in [3.8, 4) is 17.0 Å². The van der Waals surface area contributed by atoms with Gasteiger partial charge < -0.3 is 19.9 Å². The number of rotatable bonds is 5. The van der Waals surface area contributed by atoms with Gasteiger partial charge in [0.05, 0.1) is 18.8 Å². The SMILES string of the molecule is C=CC(=O)N1CC(Nc2cc(-c3cc(OC)ccn3)c[nH]c2=O)C1. The first kappa shape index (κ1) is 15.8. The van der Waals surface area contributed by atoms with E-state index in [4.69, 9.17) is 4.74 Å². The number of aromatic nitrogens is 2. The van der Waals surface area contributed by atoms with Crippen LogP contribution in [0.3, 0.4) is 0 Å². The van der Waals surface area contributed by atoms with Crippen LogP contribution in [0, 0.1) is 0 Å². The highest BCUT2D eigenvalue weighted by Gasteiger charge is 2.29. The number of nitrogens with one attached hydrogen (secondary N) is 2. The van der Waals surface area contributed by atoms with Gasteiger partial charge in [-0.15, -0.1) is 0 Å². The summed E-state index contributed by atoms with van der Waals surface area (Å²) >= 11 is 0. The first-order valence-corrected chi connectivity index (χ1v) is 7.51. The molecule has 0 atom stereocenters. The molecule has 1 amide bonds. The lowest BCUT2D eigenvalue weighted by Gasteiger charge is -2.39. The van der Waals surface area contributed by atoms with Gasteiger partial charge in [0.2, 0.25) is 5.91 Å². The molecule has 2 N–H and O–H groups in total. The number of carbonyl (C=O) groups excluding carboxylic acids is 1. The van der Waals surface area contributed by atoms with Crippen LogP contribution in [0.25, 0.3) is 11.3 Å². The highest BCUT2D eigenvalue weighted by molar-refractivity contribution is 5.87.